The Morgan fingerprint density at radius 3 is 2.93 bits per heavy atom. The molecular weight excluding hydrogens is 212 g/mol. The predicted octanol–water partition coefficient (Wildman–Crippen LogP) is 2.28. The molecule has 1 heterocycles. The van der Waals surface area contributed by atoms with Crippen molar-refractivity contribution in [3.05, 3.63) is 28.5 Å². The van der Waals surface area contributed by atoms with Crippen LogP contribution < -0.4 is 0 Å². The van der Waals surface area contributed by atoms with Crippen LogP contribution in [0.5, 0.6) is 0 Å². The van der Waals surface area contributed by atoms with Gasteiger partial charge in [0.15, 0.2) is 0 Å². The molecule has 0 radical (unpaired) electrons. The normalized spacial score (nSPS) is 10.9. The Hall–Kier alpha value is -1.35. The molecule has 1 aromatic heterocycles. The van der Waals surface area contributed by atoms with Gasteiger partial charge in [-0.05, 0) is 24.6 Å². The minimum Gasteiger partial charge on any atom is -0.331 e. The third-order valence-corrected chi connectivity index (χ3v) is 2.93. The molecule has 0 unspecified atom stereocenters. The molecule has 2 aromatic rings. The van der Waals surface area contributed by atoms with Gasteiger partial charge in [-0.25, -0.2) is 4.98 Å². The quantitative estimate of drug-likeness (QED) is 0.731. The fraction of sp³-hybridized carbons (Fsp3) is 0.273. The monoisotopic (exact) mass is 222 g/mol. The molecule has 1 aromatic carbocycles. The maximum absolute atomic E-state index is 10.5. The average Bonchev–Trinajstić information content (AvgIpc) is 2.45. The summed E-state index contributed by atoms with van der Waals surface area (Å²) in [4.78, 5) is 14.8. The highest BCUT2D eigenvalue weighted by atomic mass is 35.5. The number of aromatic nitrogens is 2. The third-order valence-electron chi connectivity index (χ3n) is 2.58. The van der Waals surface area contributed by atoms with E-state index >= 15 is 0 Å². The summed E-state index contributed by atoms with van der Waals surface area (Å²) in [5.41, 5.74) is 2.73. The highest BCUT2D eigenvalue weighted by Gasteiger charge is 2.08. The molecule has 0 spiro atoms. The average molecular weight is 223 g/mol. The van der Waals surface area contributed by atoms with E-state index in [-0.39, 0.29) is 0 Å². The van der Waals surface area contributed by atoms with E-state index in [1.807, 2.05) is 30.7 Å². The number of carbonyl (C=O) groups excluding carboxylic acids is 1. The number of fused-ring (bicyclic) bond motifs is 1. The van der Waals surface area contributed by atoms with Crippen molar-refractivity contribution in [1.82, 2.24) is 9.55 Å². The lowest BCUT2D eigenvalue weighted by Gasteiger charge is -2.01. The van der Waals surface area contributed by atoms with Gasteiger partial charge in [-0.1, -0.05) is 11.6 Å². The first-order valence-electron chi connectivity index (χ1n) is 4.68. The van der Waals surface area contributed by atoms with E-state index in [9.17, 15) is 4.79 Å². The van der Waals surface area contributed by atoms with Gasteiger partial charge in [-0.3, -0.25) is 0 Å². The van der Waals surface area contributed by atoms with E-state index in [1.54, 1.807) is 0 Å². The van der Waals surface area contributed by atoms with E-state index in [0.29, 0.717) is 11.4 Å². The molecule has 0 aliphatic rings. The van der Waals surface area contributed by atoms with Gasteiger partial charge in [0.05, 0.1) is 11.0 Å². The van der Waals surface area contributed by atoms with Crippen LogP contribution in [0.15, 0.2) is 12.1 Å². The van der Waals surface area contributed by atoms with Crippen LogP contribution in [0.4, 0.5) is 0 Å². The van der Waals surface area contributed by atoms with E-state index < -0.39 is 0 Å². The Morgan fingerprint density at radius 2 is 2.27 bits per heavy atom. The number of aldehydes is 1. The number of nitrogens with zero attached hydrogens (tertiary/aromatic N) is 2. The molecule has 0 amide bonds. The van der Waals surface area contributed by atoms with Crippen molar-refractivity contribution in [3.63, 3.8) is 0 Å². The smallest absolute Gasteiger partial charge is 0.124 e. The summed E-state index contributed by atoms with van der Waals surface area (Å²) in [6, 6.07) is 3.73. The van der Waals surface area contributed by atoms with Gasteiger partial charge in [-0.15, -0.1) is 0 Å². The zero-order valence-electron chi connectivity index (χ0n) is 8.62. The Morgan fingerprint density at radius 1 is 1.53 bits per heavy atom. The fourth-order valence-corrected chi connectivity index (χ4v) is 1.86. The number of imidazole rings is 1. The van der Waals surface area contributed by atoms with Crippen molar-refractivity contribution in [2.24, 2.45) is 7.05 Å². The number of halogens is 1. The lowest BCUT2D eigenvalue weighted by molar-refractivity contribution is -0.107. The minimum atomic E-state index is 0.346. The summed E-state index contributed by atoms with van der Waals surface area (Å²) in [6.45, 7) is 1.94. The topological polar surface area (TPSA) is 34.9 Å². The highest BCUT2D eigenvalue weighted by Crippen LogP contribution is 2.24. The molecule has 0 N–H and O–H groups in total. The van der Waals surface area contributed by atoms with E-state index in [0.717, 1.165) is 28.7 Å². The van der Waals surface area contributed by atoms with Crippen molar-refractivity contribution < 1.29 is 4.79 Å². The molecule has 4 heteroatoms. The molecule has 15 heavy (non-hydrogen) atoms. The number of benzene rings is 1. The van der Waals surface area contributed by atoms with Crippen molar-refractivity contribution in [2.45, 2.75) is 13.3 Å². The molecule has 0 aliphatic heterocycles. The molecule has 3 nitrogen and oxygen atoms in total. The Labute approximate surface area is 92.7 Å². The maximum Gasteiger partial charge on any atom is 0.124 e. The Balaban J connectivity index is 2.71. The van der Waals surface area contributed by atoms with Crippen LogP contribution in [0, 0.1) is 6.92 Å². The van der Waals surface area contributed by atoms with Gasteiger partial charge in [0, 0.05) is 18.5 Å². The summed E-state index contributed by atoms with van der Waals surface area (Å²) in [7, 11) is 1.95. The lowest BCUT2D eigenvalue weighted by Crippen LogP contribution is -1.92. The molecule has 78 valence electrons. The number of rotatable bonds is 2. The summed E-state index contributed by atoms with van der Waals surface area (Å²) in [5.74, 6) is 0.935. The maximum atomic E-state index is 10.5. The number of carbonyl (C=O) groups is 1. The summed E-state index contributed by atoms with van der Waals surface area (Å²) < 4.78 is 1.99. The summed E-state index contributed by atoms with van der Waals surface area (Å²) >= 11 is 6.04. The zero-order chi connectivity index (χ0) is 11.0. The van der Waals surface area contributed by atoms with Crippen LogP contribution >= 0.6 is 11.6 Å². The Bertz CT molecular complexity index is 531. The molecular formula is C11H11ClN2O. The third kappa shape index (κ3) is 1.63. The van der Waals surface area contributed by atoms with Crippen LogP contribution in [0.2, 0.25) is 5.02 Å². The first-order chi connectivity index (χ1) is 7.13. The first kappa shape index (κ1) is 10.2. The summed E-state index contributed by atoms with van der Waals surface area (Å²) in [6.07, 6.45) is 1.20. The SMILES string of the molecule is Cc1nc2cc(Cl)c(CC=O)cc2n1C. The Kier molecular flexibility index (Phi) is 2.49. The predicted molar refractivity (Wildman–Crippen MR) is 60.2 cm³/mol. The first-order valence-corrected chi connectivity index (χ1v) is 5.06. The molecule has 2 rings (SSSR count). The summed E-state index contributed by atoms with van der Waals surface area (Å²) in [5, 5.41) is 0.604. The highest BCUT2D eigenvalue weighted by molar-refractivity contribution is 6.32. The second-order valence-corrected chi connectivity index (χ2v) is 3.93. The number of hydrogen-bond acceptors (Lipinski definition) is 2. The molecule has 0 saturated heterocycles. The van der Waals surface area contributed by atoms with E-state index in [4.69, 9.17) is 11.6 Å². The lowest BCUT2D eigenvalue weighted by atomic mass is 10.1. The standard InChI is InChI=1S/C11H11ClN2O/c1-7-13-10-6-9(12)8(3-4-15)5-11(10)14(7)2/h4-6H,3H2,1-2H3. The van der Waals surface area contributed by atoms with Crippen LogP contribution in [-0.2, 0) is 18.3 Å². The minimum absolute atomic E-state index is 0.346. The van der Waals surface area contributed by atoms with E-state index in [2.05, 4.69) is 4.98 Å². The molecule has 0 bridgehead atoms. The molecule has 0 atom stereocenters. The van der Waals surface area contributed by atoms with Crippen LogP contribution in [-0.4, -0.2) is 15.8 Å². The van der Waals surface area contributed by atoms with Gasteiger partial charge in [-0.2, -0.15) is 0 Å². The molecule has 0 aliphatic carbocycles. The van der Waals surface area contributed by atoms with E-state index in [1.165, 1.54) is 0 Å². The second kappa shape index (κ2) is 3.66. The van der Waals surface area contributed by atoms with Gasteiger partial charge in [0.25, 0.3) is 0 Å². The van der Waals surface area contributed by atoms with Gasteiger partial charge in [0.2, 0.25) is 0 Å². The van der Waals surface area contributed by atoms with Crippen LogP contribution in [0.25, 0.3) is 11.0 Å². The van der Waals surface area contributed by atoms with Crippen molar-refractivity contribution >= 4 is 28.9 Å². The zero-order valence-corrected chi connectivity index (χ0v) is 9.38. The van der Waals surface area contributed by atoms with Crippen molar-refractivity contribution in [2.75, 3.05) is 0 Å². The number of aryl methyl sites for hydroxylation is 2. The molecule has 0 saturated carbocycles. The fourth-order valence-electron chi connectivity index (χ4n) is 1.62. The molecule has 0 fully saturated rings. The van der Waals surface area contributed by atoms with Crippen molar-refractivity contribution in [1.29, 1.82) is 0 Å². The van der Waals surface area contributed by atoms with Crippen LogP contribution in [0.1, 0.15) is 11.4 Å². The van der Waals surface area contributed by atoms with Gasteiger partial charge < -0.3 is 9.36 Å². The number of hydrogen-bond donors (Lipinski definition) is 0. The van der Waals surface area contributed by atoms with Crippen LogP contribution in [0.3, 0.4) is 0 Å². The second-order valence-electron chi connectivity index (χ2n) is 3.52. The van der Waals surface area contributed by atoms with Gasteiger partial charge in [0.1, 0.15) is 12.1 Å². The van der Waals surface area contributed by atoms with Crippen molar-refractivity contribution in [3.8, 4) is 0 Å². The van der Waals surface area contributed by atoms with Gasteiger partial charge >= 0.3 is 0 Å². The largest absolute Gasteiger partial charge is 0.331 e.